The van der Waals surface area contributed by atoms with Crippen LogP contribution in [0.25, 0.3) is 28.0 Å². The molecule has 0 saturated heterocycles. The van der Waals surface area contributed by atoms with Crippen LogP contribution < -0.4 is 4.74 Å². The van der Waals surface area contributed by atoms with Crippen molar-refractivity contribution in [2.45, 2.75) is 20.0 Å². The van der Waals surface area contributed by atoms with Crippen LogP contribution in [-0.4, -0.2) is 14.6 Å². The van der Waals surface area contributed by atoms with E-state index in [1.807, 2.05) is 71.4 Å². The van der Waals surface area contributed by atoms with Gasteiger partial charge in [0.1, 0.15) is 12.4 Å². The highest BCUT2D eigenvalue weighted by atomic mass is 35.5. The largest absolute Gasteiger partial charge is 0.489 e. The van der Waals surface area contributed by atoms with Crippen LogP contribution in [0.15, 0.2) is 91.1 Å². The molecule has 0 radical (unpaired) electrons. The number of halogens is 1. The number of hydrogen-bond acceptors (Lipinski definition) is 3. The first-order valence-corrected chi connectivity index (χ1v) is 11.0. The Kier molecular flexibility index (Phi) is 5.61. The molecule has 3 aromatic carbocycles. The average molecular weight is 440 g/mol. The Morgan fingerprint density at radius 2 is 1.56 bits per heavy atom. The number of ether oxygens (including phenoxy) is 1. The highest BCUT2D eigenvalue weighted by Gasteiger charge is 2.17. The van der Waals surface area contributed by atoms with E-state index in [4.69, 9.17) is 21.4 Å². The Hall–Kier alpha value is -3.63. The second-order valence-electron chi connectivity index (χ2n) is 7.55. The zero-order chi connectivity index (χ0) is 21.9. The van der Waals surface area contributed by atoms with E-state index in [-0.39, 0.29) is 0 Å². The molecule has 0 fully saturated rings. The van der Waals surface area contributed by atoms with E-state index in [1.54, 1.807) is 0 Å². The van der Waals surface area contributed by atoms with Crippen molar-refractivity contribution in [1.82, 2.24) is 14.6 Å². The van der Waals surface area contributed by atoms with Gasteiger partial charge in [0.05, 0.1) is 11.4 Å². The Morgan fingerprint density at radius 1 is 0.844 bits per heavy atom. The Labute approximate surface area is 192 Å². The van der Waals surface area contributed by atoms with E-state index < -0.39 is 0 Å². The Bertz CT molecular complexity index is 1340. The van der Waals surface area contributed by atoms with Crippen molar-refractivity contribution in [2.75, 3.05) is 0 Å². The van der Waals surface area contributed by atoms with E-state index in [2.05, 4.69) is 36.2 Å². The highest BCUT2D eigenvalue weighted by Crippen LogP contribution is 2.32. The second kappa shape index (κ2) is 8.85. The number of nitrogens with zero attached hydrogens (tertiary/aromatic N) is 3. The lowest BCUT2D eigenvalue weighted by Gasteiger charge is -2.09. The fraction of sp³-hybridized carbons (Fsp3) is 0.111. The van der Waals surface area contributed by atoms with Crippen molar-refractivity contribution in [2.24, 2.45) is 0 Å². The number of aryl methyl sites for hydroxylation is 1. The summed E-state index contributed by atoms with van der Waals surface area (Å²) in [7, 11) is 0. The quantitative estimate of drug-likeness (QED) is 0.290. The fourth-order valence-corrected chi connectivity index (χ4v) is 3.96. The van der Waals surface area contributed by atoms with Crippen molar-refractivity contribution >= 4 is 17.2 Å². The second-order valence-corrected chi connectivity index (χ2v) is 7.98. The van der Waals surface area contributed by atoms with Crippen LogP contribution >= 0.6 is 11.6 Å². The minimum atomic E-state index is 0.545. The first-order valence-electron chi connectivity index (χ1n) is 10.6. The predicted molar refractivity (Wildman–Crippen MR) is 129 cm³/mol. The predicted octanol–water partition coefficient (Wildman–Crippen LogP) is 6.86. The molecular weight excluding hydrogens is 418 g/mol. The highest BCUT2D eigenvalue weighted by molar-refractivity contribution is 6.30. The normalized spacial score (nSPS) is 11.1. The molecule has 0 atom stereocenters. The third-order valence-corrected chi connectivity index (χ3v) is 5.71. The number of rotatable bonds is 6. The summed E-state index contributed by atoms with van der Waals surface area (Å²) < 4.78 is 7.87. The van der Waals surface area contributed by atoms with Gasteiger partial charge >= 0.3 is 0 Å². The molecule has 5 rings (SSSR count). The fourth-order valence-electron chi connectivity index (χ4n) is 3.83. The van der Waals surface area contributed by atoms with Crippen LogP contribution in [0, 0.1) is 0 Å². The van der Waals surface area contributed by atoms with Gasteiger partial charge in [0, 0.05) is 22.3 Å². The van der Waals surface area contributed by atoms with Crippen LogP contribution in [-0.2, 0) is 13.0 Å². The number of fused-ring (bicyclic) bond motifs is 1. The van der Waals surface area contributed by atoms with Crippen molar-refractivity contribution < 1.29 is 4.74 Å². The Morgan fingerprint density at radius 3 is 2.28 bits per heavy atom. The van der Waals surface area contributed by atoms with Crippen LogP contribution in [0.1, 0.15) is 18.2 Å². The molecule has 0 aliphatic heterocycles. The SMILES string of the molecule is CCc1nn2c(-c3ccc(OCc4ccccc4)cc3)ccnc2c1-c1ccc(Cl)cc1. The summed E-state index contributed by atoms with van der Waals surface area (Å²) in [5.74, 6) is 0.833. The lowest BCUT2D eigenvalue weighted by molar-refractivity contribution is 0.306. The molecule has 5 aromatic rings. The molecule has 158 valence electrons. The topological polar surface area (TPSA) is 39.4 Å². The summed E-state index contributed by atoms with van der Waals surface area (Å²) in [4.78, 5) is 4.66. The third-order valence-electron chi connectivity index (χ3n) is 5.46. The monoisotopic (exact) mass is 439 g/mol. The van der Waals surface area contributed by atoms with Gasteiger partial charge in [0.25, 0.3) is 0 Å². The van der Waals surface area contributed by atoms with Gasteiger partial charge in [-0.25, -0.2) is 9.50 Å². The maximum atomic E-state index is 6.09. The molecule has 0 spiro atoms. The van der Waals surface area contributed by atoms with Crippen molar-refractivity contribution in [3.63, 3.8) is 0 Å². The van der Waals surface area contributed by atoms with Gasteiger partial charge < -0.3 is 4.74 Å². The molecule has 0 N–H and O–H groups in total. The van der Waals surface area contributed by atoms with E-state index >= 15 is 0 Å². The number of benzene rings is 3. The minimum Gasteiger partial charge on any atom is -0.489 e. The van der Waals surface area contributed by atoms with Gasteiger partial charge in [-0.15, -0.1) is 0 Å². The number of aromatic nitrogens is 3. The van der Waals surface area contributed by atoms with Gasteiger partial charge in [-0.3, -0.25) is 0 Å². The van der Waals surface area contributed by atoms with Crippen LogP contribution in [0.2, 0.25) is 5.02 Å². The molecule has 2 aromatic heterocycles. The zero-order valence-corrected chi connectivity index (χ0v) is 18.5. The standard InChI is InChI=1S/C27H22ClN3O/c1-2-24-26(21-8-12-22(28)13-9-21)27-29-17-16-25(31(27)30-24)20-10-14-23(15-11-20)32-18-19-6-4-3-5-7-19/h3-17H,2,18H2,1H3. The molecular formula is C27H22ClN3O. The van der Waals surface area contributed by atoms with Gasteiger partial charge in [-0.05, 0) is 60.0 Å². The number of hydrogen-bond donors (Lipinski definition) is 0. The van der Waals surface area contributed by atoms with Gasteiger partial charge in [0.15, 0.2) is 5.65 Å². The maximum Gasteiger partial charge on any atom is 0.163 e. The molecule has 2 heterocycles. The molecule has 0 saturated carbocycles. The zero-order valence-electron chi connectivity index (χ0n) is 17.7. The third kappa shape index (κ3) is 3.97. The van der Waals surface area contributed by atoms with Crippen molar-refractivity contribution in [3.8, 4) is 28.1 Å². The lowest BCUT2D eigenvalue weighted by Crippen LogP contribution is -1.97. The van der Waals surface area contributed by atoms with Crippen molar-refractivity contribution in [1.29, 1.82) is 0 Å². The molecule has 0 aliphatic carbocycles. The molecule has 5 heteroatoms. The molecule has 0 bridgehead atoms. The van der Waals surface area contributed by atoms with Crippen LogP contribution in [0.5, 0.6) is 5.75 Å². The summed E-state index contributed by atoms with van der Waals surface area (Å²) in [6.45, 7) is 2.66. The summed E-state index contributed by atoms with van der Waals surface area (Å²) in [5, 5.41) is 5.61. The van der Waals surface area contributed by atoms with E-state index in [9.17, 15) is 0 Å². The van der Waals surface area contributed by atoms with E-state index in [0.717, 1.165) is 51.5 Å². The molecule has 32 heavy (non-hydrogen) atoms. The van der Waals surface area contributed by atoms with Crippen molar-refractivity contribution in [3.05, 3.63) is 107 Å². The first-order chi connectivity index (χ1) is 15.7. The summed E-state index contributed by atoms with van der Waals surface area (Å²) in [6.07, 6.45) is 2.65. The summed E-state index contributed by atoms with van der Waals surface area (Å²) in [6, 6.07) is 28.1. The molecule has 0 amide bonds. The Balaban J connectivity index is 1.48. The van der Waals surface area contributed by atoms with E-state index in [0.29, 0.717) is 11.6 Å². The molecule has 0 aliphatic rings. The lowest BCUT2D eigenvalue weighted by atomic mass is 10.0. The van der Waals surface area contributed by atoms with Crippen LogP contribution in [0.4, 0.5) is 0 Å². The summed E-state index contributed by atoms with van der Waals surface area (Å²) in [5.41, 5.74) is 7.15. The van der Waals surface area contributed by atoms with Crippen LogP contribution in [0.3, 0.4) is 0 Å². The smallest absolute Gasteiger partial charge is 0.163 e. The van der Waals surface area contributed by atoms with Gasteiger partial charge in [-0.2, -0.15) is 5.10 Å². The van der Waals surface area contributed by atoms with Gasteiger partial charge in [0.2, 0.25) is 0 Å². The minimum absolute atomic E-state index is 0.545. The summed E-state index contributed by atoms with van der Waals surface area (Å²) >= 11 is 6.09. The maximum absolute atomic E-state index is 6.09. The molecule has 4 nitrogen and oxygen atoms in total. The first kappa shape index (κ1) is 20.3. The average Bonchev–Trinajstić information content (AvgIpc) is 3.23. The van der Waals surface area contributed by atoms with E-state index in [1.165, 1.54) is 0 Å². The molecule has 0 unspecified atom stereocenters. The van der Waals surface area contributed by atoms with Gasteiger partial charge in [-0.1, -0.05) is 61.0 Å².